The van der Waals surface area contributed by atoms with E-state index in [9.17, 15) is 9.59 Å². The SMILES string of the molecule is CCNC(=O)Cn1nnc2cc(C(=O)O)ccc21. The highest BCUT2D eigenvalue weighted by Gasteiger charge is 2.10. The molecule has 1 heterocycles. The van der Waals surface area contributed by atoms with Gasteiger partial charge >= 0.3 is 5.97 Å². The lowest BCUT2D eigenvalue weighted by atomic mass is 10.2. The second-order valence-electron chi connectivity index (χ2n) is 3.71. The second kappa shape index (κ2) is 4.82. The van der Waals surface area contributed by atoms with Crippen LogP contribution in [-0.2, 0) is 11.3 Å². The Balaban J connectivity index is 2.31. The van der Waals surface area contributed by atoms with E-state index in [1.54, 1.807) is 6.07 Å². The standard InChI is InChI=1S/C11H12N4O3/c1-2-12-10(16)6-15-9-4-3-7(11(17)18)5-8(9)13-14-15/h3-5H,2,6H2,1H3,(H,12,16)(H,17,18). The molecule has 0 saturated carbocycles. The van der Waals surface area contributed by atoms with Gasteiger partial charge in [-0.1, -0.05) is 5.21 Å². The molecule has 18 heavy (non-hydrogen) atoms. The number of amides is 1. The number of likely N-dealkylation sites (N-methyl/N-ethyl adjacent to an activating group) is 1. The van der Waals surface area contributed by atoms with Gasteiger partial charge < -0.3 is 10.4 Å². The van der Waals surface area contributed by atoms with E-state index < -0.39 is 5.97 Å². The van der Waals surface area contributed by atoms with Crippen molar-refractivity contribution in [3.05, 3.63) is 23.8 Å². The van der Waals surface area contributed by atoms with Crippen molar-refractivity contribution in [3.63, 3.8) is 0 Å². The molecule has 1 aromatic heterocycles. The Labute approximate surface area is 102 Å². The van der Waals surface area contributed by atoms with Crippen LogP contribution in [0.3, 0.4) is 0 Å². The number of carbonyl (C=O) groups excluding carboxylic acids is 1. The van der Waals surface area contributed by atoms with Crippen molar-refractivity contribution in [1.82, 2.24) is 20.3 Å². The predicted molar refractivity (Wildman–Crippen MR) is 63.2 cm³/mol. The summed E-state index contributed by atoms with van der Waals surface area (Å²) in [6.07, 6.45) is 0. The van der Waals surface area contributed by atoms with Crippen molar-refractivity contribution in [1.29, 1.82) is 0 Å². The quantitative estimate of drug-likeness (QED) is 0.809. The molecule has 0 aliphatic rings. The monoisotopic (exact) mass is 248 g/mol. The van der Waals surface area contributed by atoms with E-state index >= 15 is 0 Å². The van der Waals surface area contributed by atoms with Crippen molar-refractivity contribution in [2.75, 3.05) is 6.54 Å². The third-order valence-corrected chi connectivity index (χ3v) is 2.43. The van der Waals surface area contributed by atoms with Crippen LogP contribution < -0.4 is 5.32 Å². The Kier molecular flexibility index (Phi) is 3.22. The lowest BCUT2D eigenvalue weighted by Gasteiger charge is -2.02. The highest BCUT2D eigenvalue weighted by atomic mass is 16.4. The largest absolute Gasteiger partial charge is 0.478 e. The minimum absolute atomic E-state index is 0.0662. The maximum absolute atomic E-state index is 11.4. The minimum atomic E-state index is -1.02. The maximum atomic E-state index is 11.4. The van der Waals surface area contributed by atoms with Gasteiger partial charge in [0.15, 0.2) is 0 Å². The number of fused-ring (bicyclic) bond motifs is 1. The number of nitrogens with zero attached hydrogens (tertiary/aromatic N) is 3. The van der Waals surface area contributed by atoms with Gasteiger partial charge in [-0.2, -0.15) is 0 Å². The average molecular weight is 248 g/mol. The summed E-state index contributed by atoms with van der Waals surface area (Å²) >= 11 is 0. The first-order valence-electron chi connectivity index (χ1n) is 5.45. The van der Waals surface area contributed by atoms with Crippen LogP contribution in [0.15, 0.2) is 18.2 Å². The third kappa shape index (κ3) is 2.29. The zero-order chi connectivity index (χ0) is 13.1. The van der Waals surface area contributed by atoms with E-state index in [4.69, 9.17) is 5.11 Å². The molecule has 94 valence electrons. The molecule has 7 heteroatoms. The number of aromatic carboxylic acids is 1. The third-order valence-electron chi connectivity index (χ3n) is 2.43. The number of rotatable bonds is 4. The molecule has 0 spiro atoms. The first-order valence-corrected chi connectivity index (χ1v) is 5.45. The summed E-state index contributed by atoms with van der Waals surface area (Å²) in [4.78, 5) is 22.2. The minimum Gasteiger partial charge on any atom is -0.478 e. The van der Waals surface area contributed by atoms with Crippen LogP contribution in [0.5, 0.6) is 0 Å². The zero-order valence-electron chi connectivity index (χ0n) is 9.75. The lowest BCUT2D eigenvalue weighted by Crippen LogP contribution is -2.27. The van der Waals surface area contributed by atoms with E-state index in [1.165, 1.54) is 16.8 Å². The van der Waals surface area contributed by atoms with Gasteiger partial charge in [-0.3, -0.25) is 4.79 Å². The number of aromatic nitrogens is 3. The van der Waals surface area contributed by atoms with Gasteiger partial charge in [-0.25, -0.2) is 9.48 Å². The number of carbonyl (C=O) groups is 2. The highest BCUT2D eigenvalue weighted by molar-refractivity contribution is 5.92. The fourth-order valence-electron chi connectivity index (χ4n) is 1.61. The summed E-state index contributed by atoms with van der Waals surface area (Å²) in [5, 5.41) is 19.2. The number of hydrogen-bond acceptors (Lipinski definition) is 4. The van der Waals surface area contributed by atoms with Crippen LogP contribution in [0.4, 0.5) is 0 Å². The summed E-state index contributed by atoms with van der Waals surface area (Å²) in [5.74, 6) is -1.18. The van der Waals surface area contributed by atoms with E-state index in [-0.39, 0.29) is 18.0 Å². The van der Waals surface area contributed by atoms with E-state index in [0.717, 1.165) is 0 Å². The molecule has 2 aromatic rings. The van der Waals surface area contributed by atoms with Crippen molar-refractivity contribution >= 4 is 22.9 Å². The van der Waals surface area contributed by atoms with Crippen LogP contribution in [0, 0.1) is 0 Å². The normalized spacial score (nSPS) is 10.5. The molecule has 0 radical (unpaired) electrons. The van der Waals surface area contributed by atoms with Crippen LogP contribution in [0.1, 0.15) is 17.3 Å². The van der Waals surface area contributed by atoms with Crippen LogP contribution in [0.25, 0.3) is 11.0 Å². The van der Waals surface area contributed by atoms with Crippen LogP contribution in [-0.4, -0.2) is 38.5 Å². The molecule has 2 rings (SSSR count). The summed E-state index contributed by atoms with van der Waals surface area (Å²) < 4.78 is 1.44. The molecule has 0 saturated heterocycles. The summed E-state index contributed by atoms with van der Waals surface area (Å²) in [6, 6.07) is 4.49. The number of nitrogens with one attached hydrogen (secondary N) is 1. The molecule has 0 aliphatic heterocycles. The van der Waals surface area contributed by atoms with Gasteiger partial charge in [0.2, 0.25) is 5.91 Å². The highest BCUT2D eigenvalue weighted by Crippen LogP contribution is 2.13. The maximum Gasteiger partial charge on any atom is 0.335 e. The van der Waals surface area contributed by atoms with Crippen molar-refractivity contribution in [2.24, 2.45) is 0 Å². The topological polar surface area (TPSA) is 97.1 Å². The number of carboxylic acid groups (broad SMARTS) is 1. The van der Waals surface area contributed by atoms with Crippen molar-refractivity contribution in [2.45, 2.75) is 13.5 Å². The van der Waals surface area contributed by atoms with Crippen molar-refractivity contribution < 1.29 is 14.7 Å². The summed E-state index contributed by atoms with van der Waals surface area (Å²) in [5.41, 5.74) is 1.23. The fraction of sp³-hybridized carbons (Fsp3) is 0.273. The number of hydrogen-bond donors (Lipinski definition) is 2. The Morgan fingerprint density at radius 1 is 1.44 bits per heavy atom. The molecular weight excluding hydrogens is 236 g/mol. The molecule has 1 aromatic carbocycles. The van der Waals surface area contributed by atoms with E-state index in [0.29, 0.717) is 17.6 Å². The molecule has 0 unspecified atom stereocenters. The lowest BCUT2D eigenvalue weighted by molar-refractivity contribution is -0.121. The fourth-order valence-corrected chi connectivity index (χ4v) is 1.61. The molecule has 0 atom stereocenters. The first kappa shape index (κ1) is 12.0. The smallest absolute Gasteiger partial charge is 0.335 e. The van der Waals surface area contributed by atoms with Gasteiger partial charge in [0.05, 0.1) is 11.1 Å². The van der Waals surface area contributed by atoms with Gasteiger partial charge in [0, 0.05) is 6.54 Å². The van der Waals surface area contributed by atoms with Gasteiger partial charge in [-0.15, -0.1) is 5.10 Å². The van der Waals surface area contributed by atoms with Gasteiger partial charge in [0.25, 0.3) is 0 Å². The number of carboxylic acids is 1. The van der Waals surface area contributed by atoms with E-state index in [2.05, 4.69) is 15.6 Å². The Morgan fingerprint density at radius 3 is 2.89 bits per heavy atom. The first-order chi connectivity index (χ1) is 8.61. The Hall–Kier alpha value is -2.44. The van der Waals surface area contributed by atoms with Crippen LogP contribution in [0.2, 0.25) is 0 Å². The van der Waals surface area contributed by atoms with Gasteiger partial charge in [0.1, 0.15) is 12.1 Å². The van der Waals surface area contributed by atoms with Gasteiger partial charge in [-0.05, 0) is 25.1 Å². The molecule has 0 aliphatic carbocycles. The molecule has 2 N–H and O–H groups in total. The molecular formula is C11H12N4O3. The second-order valence-corrected chi connectivity index (χ2v) is 3.71. The predicted octanol–water partition coefficient (Wildman–Crippen LogP) is 0.266. The number of benzene rings is 1. The zero-order valence-corrected chi connectivity index (χ0v) is 9.75. The molecule has 1 amide bonds. The molecule has 7 nitrogen and oxygen atoms in total. The van der Waals surface area contributed by atoms with Crippen molar-refractivity contribution in [3.8, 4) is 0 Å². The molecule has 0 bridgehead atoms. The summed E-state index contributed by atoms with van der Waals surface area (Å²) in [6.45, 7) is 2.45. The molecule has 0 fully saturated rings. The summed E-state index contributed by atoms with van der Waals surface area (Å²) in [7, 11) is 0. The average Bonchev–Trinajstić information content (AvgIpc) is 2.72. The van der Waals surface area contributed by atoms with Crippen LogP contribution >= 0.6 is 0 Å². The Morgan fingerprint density at radius 2 is 2.22 bits per heavy atom. The Bertz CT molecular complexity index is 605. The van der Waals surface area contributed by atoms with E-state index in [1.807, 2.05) is 6.92 Å².